The average Bonchev–Trinajstić information content (AvgIpc) is 2.98. The van der Waals surface area contributed by atoms with Crippen LogP contribution in [0.3, 0.4) is 0 Å². The Labute approximate surface area is 189 Å². The minimum Gasteiger partial charge on any atom is -0.480 e. The van der Waals surface area contributed by atoms with Gasteiger partial charge in [0.2, 0.25) is 0 Å². The molecule has 6 nitrogen and oxygen atoms in total. The summed E-state index contributed by atoms with van der Waals surface area (Å²) in [6.45, 7) is 7.96. The Hall–Kier alpha value is -3.36. The molecule has 2 aromatic carbocycles. The molecule has 0 bridgehead atoms. The van der Waals surface area contributed by atoms with Gasteiger partial charge in [-0.25, -0.2) is 4.79 Å². The number of urea groups is 1. The molecule has 1 aliphatic rings. The molecule has 1 heterocycles. The quantitative estimate of drug-likeness (QED) is 0.450. The van der Waals surface area contributed by atoms with Gasteiger partial charge in [0.15, 0.2) is 11.9 Å². The lowest BCUT2D eigenvalue weighted by molar-refractivity contribution is -0.138. The molecule has 0 saturated carbocycles. The number of halogens is 3. The van der Waals surface area contributed by atoms with Crippen molar-refractivity contribution in [3.63, 3.8) is 0 Å². The van der Waals surface area contributed by atoms with Crippen molar-refractivity contribution in [2.75, 3.05) is 11.4 Å². The largest absolute Gasteiger partial charge is 0.480 e. The zero-order chi connectivity index (χ0) is 24.7. The standard InChI is InChI=1S/C24H25F3N2O4/c1-14-10-18(6-7-19(14)24(25,26)27)28-12-20(31)29(22(28)32)11-17-8-15(2)21(16(3)9-17)33-23(4,5)13-30/h6-10,13H,11-12H2,1-5H3. The highest BCUT2D eigenvalue weighted by molar-refractivity contribution is 6.12. The second kappa shape index (κ2) is 8.53. The predicted molar refractivity (Wildman–Crippen MR) is 116 cm³/mol. The maximum Gasteiger partial charge on any atom is 0.416 e. The third kappa shape index (κ3) is 5.02. The van der Waals surface area contributed by atoms with Gasteiger partial charge in [-0.05, 0) is 75.1 Å². The Morgan fingerprint density at radius 1 is 1.00 bits per heavy atom. The molecule has 1 aliphatic heterocycles. The summed E-state index contributed by atoms with van der Waals surface area (Å²) in [5, 5.41) is 0. The molecule has 3 amide bonds. The Kier molecular flexibility index (Phi) is 6.28. The van der Waals surface area contributed by atoms with E-state index < -0.39 is 29.3 Å². The van der Waals surface area contributed by atoms with Gasteiger partial charge >= 0.3 is 12.2 Å². The van der Waals surface area contributed by atoms with Gasteiger partial charge in [0, 0.05) is 5.69 Å². The maximum absolute atomic E-state index is 13.0. The van der Waals surface area contributed by atoms with Crippen molar-refractivity contribution in [1.29, 1.82) is 0 Å². The highest BCUT2D eigenvalue weighted by atomic mass is 19.4. The number of carbonyl (C=O) groups excluding carboxylic acids is 3. The number of imide groups is 1. The first-order valence-corrected chi connectivity index (χ1v) is 10.3. The van der Waals surface area contributed by atoms with Crippen LogP contribution in [0.5, 0.6) is 5.75 Å². The van der Waals surface area contributed by atoms with Gasteiger partial charge in [0.05, 0.1) is 12.1 Å². The first-order valence-electron chi connectivity index (χ1n) is 10.3. The molecular formula is C24H25F3N2O4. The first-order chi connectivity index (χ1) is 15.2. The lowest BCUT2D eigenvalue weighted by atomic mass is 10.0. The van der Waals surface area contributed by atoms with Gasteiger partial charge in [-0.1, -0.05) is 12.1 Å². The highest BCUT2D eigenvalue weighted by Crippen LogP contribution is 2.35. The fraction of sp³-hybridized carbons (Fsp3) is 0.375. The van der Waals surface area contributed by atoms with E-state index in [0.717, 1.165) is 22.1 Å². The van der Waals surface area contributed by atoms with Crippen molar-refractivity contribution in [1.82, 2.24) is 4.90 Å². The van der Waals surface area contributed by atoms with Crippen LogP contribution >= 0.6 is 0 Å². The lowest BCUT2D eigenvalue weighted by Gasteiger charge is -2.24. The van der Waals surface area contributed by atoms with Crippen molar-refractivity contribution in [3.05, 3.63) is 58.1 Å². The van der Waals surface area contributed by atoms with E-state index in [1.807, 2.05) is 0 Å². The summed E-state index contributed by atoms with van der Waals surface area (Å²) >= 11 is 0. The van der Waals surface area contributed by atoms with Crippen LogP contribution in [0, 0.1) is 20.8 Å². The van der Waals surface area contributed by atoms with Gasteiger partial charge < -0.3 is 4.74 Å². The van der Waals surface area contributed by atoms with Crippen molar-refractivity contribution in [3.8, 4) is 5.75 Å². The smallest absolute Gasteiger partial charge is 0.416 e. The summed E-state index contributed by atoms with van der Waals surface area (Å²) in [5.41, 5.74) is 0.592. The minimum atomic E-state index is -4.49. The molecule has 1 saturated heterocycles. The number of amides is 3. The second-order valence-electron chi connectivity index (χ2n) is 8.73. The molecule has 0 aliphatic carbocycles. The zero-order valence-corrected chi connectivity index (χ0v) is 19.0. The SMILES string of the molecule is Cc1cc(N2CC(=O)N(Cc3cc(C)c(OC(C)(C)C=O)c(C)c3)C2=O)ccc1C(F)(F)F. The molecule has 0 aromatic heterocycles. The van der Waals surface area contributed by atoms with Crippen LogP contribution in [0.25, 0.3) is 0 Å². The molecule has 0 spiro atoms. The van der Waals surface area contributed by atoms with E-state index in [1.165, 1.54) is 24.0 Å². The van der Waals surface area contributed by atoms with Gasteiger partial charge in [-0.3, -0.25) is 19.4 Å². The number of carbonyl (C=O) groups is 3. The number of aldehydes is 1. The summed E-state index contributed by atoms with van der Waals surface area (Å²) in [6, 6.07) is 6.31. The third-order valence-electron chi connectivity index (χ3n) is 5.39. The number of hydrogen-bond acceptors (Lipinski definition) is 4. The van der Waals surface area contributed by atoms with Gasteiger partial charge in [-0.2, -0.15) is 13.2 Å². The summed E-state index contributed by atoms with van der Waals surface area (Å²) < 4.78 is 44.9. The predicted octanol–water partition coefficient (Wildman–Crippen LogP) is 4.96. The van der Waals surface area contributed by atoms with Crippen molar-refractivity contribution in [2.45, 2.75) is 52.9 Å². The van der Waals surface area contributed by atoms with Crippen LogP contribution in [0.1, 0.15) is 41.7 Å². The molecular weight excluding hydrogens is 437 g/mol. The van der Waals surface area contributed by atoms with E-state index in [1.54, 1.807) is 39.8 Å². The van der Waals surface area contributed by atoms with Crippen LogP contribution < -0.4 is 9.64 Å². The van der Waals surface area contributed by atoms with Crippen LogP contribution in [-0.4, -0.2) is 35.3 Å². The molecule has 0 N–H and O–H groups in total. The van der Waals surface area contributed by atoms with Crippen molar-refractivity contribution < 1.29 is 32.3 Å². The summed E-state index contributed by atoms with van der Waals surface area (Å²) in [4.78, 5) is 38.9. The molecule has 0 radical (unpaired) electrons. The minimum absolute atomic E-state index is 0.00676. The van der Waals surface area contributed by atoms with Gasteiger partial charge in [0.25, 0.3) is 5.91 Å². The van der Waals surface area contributed by atoms with Crippen molar-refractivity contribution in [2.24, 2.45) is 0 Å². The molecule has 9 heteroatoms. The summed E-state index contributed by atoms with van der Waals surface area (Å²) in [6.07, 6.45) is -3.79. The van der Waals surface area contributed by atoms with Crippen LogP contribution in [0.4, 0.5) is 23.7 Å². The van der Waals surface area contributed by atoms with Crippen LogP contribution in [-0.2, 0) is 22.3 Å². The average molecular weight is 462 g/mol. The summed E-state index contributed by atoms with van der Waals surface area (Å²) in [5.74, 6) is 0.104. The number of anilines is 1. The third-order valence-corrected chi connectivity index (χ3v) is 5.39. The fourth-order valence-corrected chi connectivity index (χ4v) is 3.79. The number of ether oxygens (including phenoxy) is 1. The molecule has 3 rings (SSSR count). The number of benzene rings is 2. The molecule has 1 fully saturated rings. The van der Waals surface area contributed by atoms with Crippen molar-refractivity contribution >= 4 is 23.9 Å². The molecule has 176 valence electrons. The van der Waals surface area contributed by atoms with E-state index >= 15 is 0 Å². The normalized spacial score (nSPS) is 14.8. The topological polar surface area (TPSA) is 66.9 Å². The lowest BCUT2D eigenvalue weighted by Crippen LogP contribution is -2.33. The zero-order valence-electron chi connectivity index (χ0n) is 19.0. The van der Waals surface area contributed by atoms with Crippen LogP contribution in [0.2, 0.25) is 0 Å². The van der Waals surface area contributed by atoms with E-state index in [-0.39, 0.29) is 24.3 Å². The Morgan fingerprint density at radius 3 is 2.12 bits per heavy atom. The Morgan fingerprint density at radius 2 is 1.61 bits per heavy atom. The van der Waals surface area contributed by atoms with Crippen LogP contribution in [0.15, 0.2) is 30.3 Å². The van der Waals surface area contributed by atoms with E-state index in [9.17, 15) is 27.6 Å². The fourth-order valence-electron chi connectivity index (χ4n) is 3.79. The molecule has 33 heavy (non-hydrogen) atoms. The highest BCUT2D eigenvalue weighted by Gasteiger charge is 2.38. The Balaban J connectivity index is 1.82. The number of nitrogens with zero attached hydrogens (tertiary/aromatic N) is 2. The van der Waals surface area contributed by atoms with Gasteiger partial charge in [-0.15, -0.1) is 0 Å². The second-order valence-corrected chi connectivity index (χ2v) is 8.73. The maximum atomic E-state index is 13.0. The van der Waals surface area contributed by atoms with E-state index in [0.29, 0.717) is 17.6 Å². The van der Waals surface area contributed by atoms with E-state index in [4.69, 9.17) is 4.74 Å². The number of rotatable bonds is 6. The molecule has 0 unspecified atom stereocenters. The number of hydrogen-bond donors (Lipinski definition) is 0. The summed E-state index contributed by atoms with van der Waals surface area (Å²) in [7, 11) is 0. The Bertz CT molecular complexity index is 1100. The monoisotopic (exact) mass is 462 g/mol. The molecule has 0 atom stereocenters. The number of alkyl halides is 3. The van der Waals surface area contributed by atoms with Gasteiger partial charge in [0.1, 0.15) is 12.3 Å². The van der Waals surface area contributed by atoms with E-state index in [2.05, 4.69) is 0 Å². The molecule has 2 aromatic rings. The first kappa shape index (κ1) is 24.3. The number of aryl methyl sites for hydroxylation is 3.